The van der Waals surface area contributed by atoms with E-state index in [0.717, 1.165) is 42.5 Å². The largest absolute Gasteiger partial charge is 0.465 e. The maximum Gasteiger partial charge on any atom is 0.341 e. The van der Waals surface area contributed by atoms with E-state index in [1.165, 1.54) is 49.2 Å². The summed E-state index contributed by atoms with van der Waals surface area (Å²) in [4.78, 5) is 25.9. The van der Waals surface area contributed by atoms with Gasteiger partial charge in [-0.05, 0) is 49.5 Å². The number of anilines is 1. The molecule has 0 saturated carbocycles. The van der Waals surface area contributed by atoms with E-state index in [2.05, 4.69) is 5.32 Å². The van der Waals surface area contributed by atoms with Gasteiger partial charge in [-0.2, -0.15) is 0 Å². The zero-order chi connectivity index (χ0) is 20.1. The predicted octanol–water partition coefficient (Wildman–Crippen LogP) is 5.64. The summed E-state index contributed by atoms with van der Waals surface area (Å²) in [7, 11) is 1.33. The molecule has 0 aliphatic heterocycles. The van der Waals surface area contributed by atoms with Crippen LogP contribution < -0.4 is 5.32 Å². The van der Waals surface area contributed by atoms with Crippen molar-refractivity contribution in [1.29, 1.82) is 0 Å². The molecule has 0 atom stereocenters. The van der Waals surface area contributed by atoms with Gasteiger partial charge in [-0.15, -0.1) is 11.3 Å². The minimum Gasteiger partial charge on any atom is -0.465 e. The third-order valence-electron chi connectivity index (χ3n) is 4.70. The first kappa shape index (κ1) is 20.6. The van der Waals surface area contributed by atoms with Crippen molar-refractivity contribution in [2.45, 2.75) is 38.5 Å². The quantitative estimate of drug-likeness (QED) is 0.513. The van der Waals surface area contributed by atoms with Crippen LogP contribution in [0.15, 0.2) is 24.3 Å². The van der Waals surface area contributed by atoms with Gasteiger partial charge in [-0.3, -0.25) is 4.79 Å². The fraction of sp³-hybridized carbons (Fsp3) is 0.333. The average molecular weight is 422 g/mol. The van der Waals surface area contributed by atoms with E-state index in [0.29, 0.717) is 10.6 Å². The average Bonchev–Trinajstić information content (AvgIpc) is 2.96. The SMILES string of the molecule is COC(=O)c1c(NC(=O)/C=C/c2c(F)cccc2Cl)sc2c1CCCCCC2. The van der Waals surface area contributed by atoms with E-state index in [9.17, 15) is 14.0 Å². The highest BCUT2D eigenvalue weighted by atomic mass is 35.5. The van der Waals surface area contributed by atoms with Gasteiger partial charge in [0.15, 0.2) is 0 Å². The van der Waals surface area contributed by atoms with Crippen molar-refractivity contribution in [1.82, 2.24) is 0 Å². The molecule has 0 saturated heterocycles. The molecule has 0 fully saturated rings. The van der Waals surface area contributed by atoms with Crippen LogP contribution in [0.25, 0.3) is 6.08 Å². The Morgan fingerprint density at radius 1 is 1.21 bits per heavy atom. The molecular weight excluding hydrogens is 401 g/mol. The lowest BCUT2D eigenvalue weighted by atomic mass is 9.96. The minimum absolute atomic E-state index is 0.144. The fourth-order valence-electron chi connectivity index (χ4n) is 3.31. The number of esters is 1. The Hall–Kier alpha value is -2.18. The molecule has 3 rings (SSSR count). The molecule has 7 heteroatoms. The van der Waals surface area contributed by atoms with Gasteiger partial charge in [0.25, 0.3) is 0 Å². The van der Waals surface area contributed by atoms with E-state index in [-0.39, 0.29) is 10.6 Å². The Kier molecular flexibility index (Phi) is 6.86. The minimum atomic E-state index is -0.508. The Balaban J connectivity index is 1.86. The molecular formula is C21H21ClFNO3S. The van der Waals surface area contributed by atoms with Crippen LogP contribution in [0, 0.1) is 5.82 Å². The second kappa shape index (κ2) is 9.34. The highest BCUT2D eigenvalue weighted by molar-refractivity contribution is 7.17. The molecule has 4 nitrogen and oxygen atoms in total. The third kappa shape index (κ3) is 4.62. The number of benzene rings is 1. The molecule has 0 bridgehead atoms. The molecule has 1 aliphatic rings. The second-order valence-corrected chi connectivity index (χ2v) is 8.08. The molecule has 28 heavy (non-hydrogen) atoms. The van der Waals surface area contributed by atoms with E-state index >= 15 is 0 Å². The van der Waals surface area contributed by atoms with Crippen LogP contribution in [0.4, 0.5) is 9.39 Å². The van der Waals surface area contributed by atoms with Crippen molar-refractivity contribution in [2.75, 3.05) is 12.4 Å². The van der Waals surface area contributed by atoms with Gasteiger partial charge < -0.3 is 10.1 Å². The molecule has 1 heterocycles. The number of carbonyl (C=O) groups excluding carboxylic acids is 2. The van der Waals surface area contributed by atoms with Gasteiger partial charge in [0.05, 0.1) is 17.7 Å². The molecule has 1 amide bonds. The van der Waals surface area contributed by atoms with Crippen molar-refractivity contribution in [3.8, 4) is 0 Å². The summed E-state index contributed by atoms with van der Waals surface area (Å²) in [6, 6.07) is 4.33. The lowest BCUT2D eigenvalue weighted by Crippen LogP contribution is -2.12. The highest BCUT2D eigenvalue weighted by Crippen LogP contribution is 2.37. The van der Waals surface area contributed by atoms with Gasteiger partial charge in [0, 0.05) is 16.5 Å². The first-order valence-electron chi connectivity index (χ1n) is 9.17. The van der Waals surface area contributed by atoms with Crippen LogP contribution in [0.2, 0.25) is 5.02 Å². The van der Waals surface area contributed by atoms with Crippen LogP contribution in [-0.4, -0.2) is 19.0 Å². The summed E-state index contributed by atoms with van der Waals surface area (Å²) in [6.07, 6.45) is 8.59. The molecule has 0 radical (unpaired) electrons. The van der Waals surface area contributed by atoms with Gasteiger partial charge in [0.2, 0.25) is 5.91 Å². The number of rotatable bonds is 4. The Morgan fingerprint density at radius 3 is 2.68 bits per heavy atom. The zero-order valence-electron chi connectivity index (χ0n) is 15.5. The second-order valence-electron chi connectivity index (χ2n) is 6.57. The van der Waals surface area contributed by atoms with Crippen LogP contribution in [0.1, 0.15) is 52.0 Å². The number of hydrogen-bond donors (Lipinski definition) is 1. The van der Waals surface area contributed by atoms with E-state index in [4.69, 9.17) is 16.3 Å². The van der Waals surface area contributed by atoms with E-state index in [1.807, 2.05) is 0 Å². The van der Waals surface area contributed by atoms with Gasteiger partial charge in [-0.25, -0.2) is 9.18 Å². The molecule has 0 spiro atoms. The molecule has 1 aromatic heterocycles. The van der Waals surface area contributed by atoms with Crippen molar-refractivity contribution < 1.29 is 18.7 Å². The third-order valence-corrected chi connectivity index (χ3v) is 6.24. The van der Waals surface area contributed by atoms with Crippen LogP contribution >= 0.6 is 22.9 Å². The van der Waals surface area contributed by atoms with Gasteiger partial charge in [0.1, 0.15) is 10.8 Å². The maximum absolute atomic E-state index is 13.8. The van der Waals surface area contributed by atoms with Gasteiger partial charge >= 0.3 is 5.97 Å². The standard InChI is InChI=1S/C21H21ClFNO3S/c1-27-21(26)19-14-7-4-2-3-5-10-17(14)28-20(19)24-18(25)12-11-13-15(22)8-6-9-16(13)23/h6,8-9,11-12H,2-5,7,10H2,1H3,(H,24,25)/b12-11+. The normalized spacial score (nSPS) is 14.2. The first-order valence-corrected chi connectivity index (χ1v) is 10.4. The molecule has 1 aliphatic carbocycles. The summed E-state index contributed by atoms with van der Waals surface area (Å²) in [5.74, 6) is -1.42. The van der Waals surface area contributed by atoms with Crippen LogP contribution in [0.3, 0.4) is 0 Å². The number of thiophene rings is 1. The van der Waals surface area contributed by atoms with Crippen molar-refractivity contribution >= 4 is 45.9 Å². The van der Waals surface area contributed by atoms with Crippen LogP contribution in [0.5, 0.6) is 0 Å². The topological polar surface area (TPSA) is 55.4 Å². The lowest BCUT2D eigenvalue weighted by molar-refractivity contribution is -0.111. The molecule has 1 aromatic carbocycles. The molecule has 2 aromatic rings. The molecule has 148 valence electrons. The Labute approximate surface area is 172 Å². The number of halogens is 2. The van der Waals surface area contributed by atoms with Crippen molar-refractivity contribution in [3.05, 3.63) is 56.7 Å². The number of methoxy groups -OCH3 is 1. The summed E-state index contributed by atoms with van der Waals surface area (Å²) < 4.78 is 18.8. The first-order chi connectivity index (χ1) is 13.5. The zero-order valence-corrected chi connectivity index (χ0v) is 17.1. The Bertz CT molecular complexity index is 902. The monoisotopic (exact) mass is 421 g/mol. The fourth-order valence-corrected chi connectivity index (χ4v) is 4.81. The predicted molar refractivity (Wildman–Crippen MR) is 111 cm³/mol. The van der Waals surface area contributed by atoms with Crippen molar-refractivity contribution in [3.63, 3.8) is 0 Å². The number of nitrogens with one attached hydrogen (secondary N) is 1. The summed E-state index contributed by atoms with van der Waals surface area (Å²) in [6.45, 7) is 0. The lowest BCUT2D eigenvalue weighted by Gasteiger charge is -2.10. The van der Waals surface area contributed by atoms with E-state index in [1.54, 1.807) is 6.07 Å². The van der Waals surface area contributed by atoms with Crippen LogP contribution in [-0.2, 0) is 22.4 Å². The highest BCUT2D eigenvalue weighted by Gasteiger charge is 2.25. The smallest absolute Gasteiger partial charge is 0.341 e. The summed E-state index contributed by atoms with van der Waals surface area (Å²) in [5, 5.41) is 3.46. The van der Waals surface area contributed by atoms with Crippen molar-refractivity contribution in [2.24, 2.45) is 0 Å². The summed E-state index contributed by atoms with van der Waals surface area (Å²) in [5.41, 5.74) is 1.56. The molecule has 0 unspecified atom stereocenters. The summed E-state index contributed by atoms with van der Waals surface area (Å²) >= 11 is 7.39. The molecule has 1 N–H and O–H groups in total. The Morgan fingerprint density at radius 2 is 1.96 bits per heavy atom. The number of ether oxygens (including phenoxy) is 1. The number of aryl methyl sites for hydroxylation is 1. The van der Waals surface area contributed by atoms with Gasteiger partial charge in [-0.1, -0.05) is 30.5 Å². The number of fused-ring (bicyclic) bond motifs is 1. The number of amides is 1. The number of hydrogen-bond acceptors (Lipinski definition) is 4. The maximum atomic E-state index is 13.8. The van der Waals surface area contributed by atoms with E-state index < -0.39 is 17.7 Å². The number of carbonyl (C=O) groups is 2.